The number of aromatic amines is 2. The molecular weight excluding hydrogens is 422 g/mol. The van der Waals surface area contributed by atoms with Crippen LogP contribution in [0.3, 0.4) is 0 Å². The minimum absolute atomic E-state index is 0.107. The number of rotatable bonds is 7. The highest BCUT2D eigenvalue weighted by Gasteiger charge is 2.19. The van der Waals surface area contributed by atoms with Crippen molar-refractivity contribution in [3.8, 4) is 0 Å². The zero-order chi connectivity index (χ0) is 23.3. The zero-order valence-electron chi connectivity index (χ0n) is 16.8. The van der Waals surface area contributed by atoms with Gasteiger partial charge in [-0.1, -0.05) is 18.2 Å². The molecule has 8 nitrogen and oxygen atoms in total. The normalized spacial score (nSPS) is 12.8. The number of nitrogens with two attached hydrogens (primary N) is 1. The average molecular weight is 444 g/mol. The third-order valence-electron chi connectivity index (χ3n) is 5.02. The van der Waals surface area contributed by atoms with Crippen molar-refractivity contribution in [2.24, 2.45) is 5.73 Å². The lowest BCUT2D eigenvalue weighted by Gasteiger charge is -2.07. The van der Waals surface area contributed by atoms with Crippen molar-refractivity contribution < 1.29 is 28.7 Å². The van der Waals surface area contributed by atoms with Gasteiger partial charge in [-0.3, -0.25) is 9.59 Å². The van der Waals surface area contributed by atoms with Gasteiger partial charge in [-0.25, -0.2) is 4.39 Å². The molecule has 0 fully saturated rings. The molecule has 0 radical (unpaired) electrons. The van der Waals surface area contributed by atoms with Crippen LogP contribution >= 0.6 is 0 Å². The Morgan fingerprint density at radius 1 is 0.938 bits per heavy atom. The second kappa shape index (κ2) is 10.0. The molecular formula is C22H22F2N4O4. The Morgan fingerprint density at radius 2 is 1.56 bits per heavy atom. The summed E-state index contributed by atoms with van der Waals surface area (Å²) in [5.74, 6) is -2.62. The van der Waals surface area contributed by atoms with Crippen LogP contribution in [0.5, 0.6) is 0 Å². The van der Waals surface area contributed by atoms with Crippen molar-refractivity contribution in [1.82, 2.24) is 15.5 Å². The van der Waals surface area contributed by atoms with Gasteiger partial charge < -0.3 is 25.9 Å². The van der Waals surface area contributed by atoms with Gasteiger partial charge in [-0.2, -0.15) is 0 Å². The van der Waals surface area contributed by atoms with Gasteiger partial charge in [-0.05, 0) is 35.4 Å². The minimum atomic E-state index is -1.21. The van der Waals surface area contributed by atoms with E-state index in [1.807, 2.05) is 24.3 Å². The predicted octanol–water partition coefficient (Wildman–Crippen LogP) is 2.90. The lowest BCUT2D eigenvalue weighted by Crippen LogP contribution is -2.33. The maximum Gasteiger partial charge on any atom is 0.323 e. The predicted molar refractivity (Wildman–Crippen MR) is 115 cm³/mol. The highest BCUT2D eigenvalue weighted by atomic mass is 19.2. The first-order valence-electron chi connectivity index (χ1n) is 9.68. The van der Waals surface area contributed by atoms with Crippen LogP contribution in [0.1, 0.15) is 11.1 Å². The van der Waals surface area contributed by atoms with Crippen LogP contribution in [0.4, 0.5) is 8.87 Å². The van der Waals surface area contributed by atoms with Crippen LogP contribution in [0.25, 0.3) is 21.8 Å². The van der Waals surface area contributed by atoms with E-state index in [4.69, 9.17) is 15.9 Å². The molecule has 0 unspecified atom stereocenters. The smallest absolute Gasteiger partial charge is 0.323 e. The number of carboxylic acid groups (broad SMARTS) is 2. The van der Waals surface area contributed by atoms with E-state index in [0.717, 1.165) is 22.0 Å². The molecule has 2 heterocycles. The van der Waals surface area contributed by atoms with E-state index >= 15 is 0 Å². The van der Waals surface area contributed by atoms with Crippen molar-refractivity contribution in [2.45, 2.75) is 24.9 Å². The summed E-state index contributed by atoms with van der Waals surface area (Å²) in [6, 6.07) is 9.65. The number of carboxylic acids is 2. The number of hydrogen-bond acceptors (Lipinski definition) is 4. The van der Waals surface area contributed by atoms with Crippen molar-refractivity contribution in [1.29, 1.82) is 0 Å². The number of aliphatic carboxylic acids is 2. The van der Waals surface area contributed by atoms with E-state index in [2.05, 4.69) is 9.97 Å². The summed E-state index contributed by atoms with van der Waals surface area (Å²) in [7, 11) is 0. The Bertz CT molecular complexity index is 1240. The Balaban J connectivity index is 0.000000181. The number of halogens is 2. The van der Waals surface area contributed by atoms with Crippen LogP contribution in [-0.2, 0) is 22.4 Å². The SMILES string of the molecule is N[C@@H](Cc1c[nH]c2ccc(F)cc12)C(=O)O.O=C(O)[C@H](Cc1c[nH]c2ccccc12)NF. The zero-order valence-corrected chi connectivity index (χ0v) is 16.8. The third kappa shape index (κ3) is 5.29. The first-order valence-corrected chi connectivity index (χ1v) is 9.68. The molecule has 32 heavy (non-hydrogen) atoms. The maximum atomic E-state index is 13.0. The fraction of sp³-hybridized carbons (Fsp3) is 0.182. The standard InChI is InChI=1S/2C11H11FN2O2/c12-7-1-2-10-8(4-7)6(5-14-10)3-9(13)11(15)16;12-14-10(11(15)16)5-7-6-13-9-4-2-1-3-8(7)9/h1-2,4-5,9,14H,3,13H2,(H,15,16);1-4,6,10,13-14H,5H2,(H,15,16)/t9-;10-/m00/s1. The average Bonchev–Trinajstić information content (AvgIpc) is 3.36. The van der Waals surface area contributed by atoms with Gasteiger partial charge >= 0.3 is 11.9 Å². The van der Waals surface area contributed by atoms with Gasteiger partial charge in [0.25, 0.3) is 0 Å². The molecule has 0 amide bonds. The molecule has 10 heteroatoms. The summed E-state index contributed by atoms with van der Waals surface area (Å²) in [6.07, 6.45) is 3.65. The van der Waals surface area contributed by atoms with Crippen LogP contribution < -0.4 is 11.3 Å². The van der Waals surface area contributed by atoms with Crippen molar-refractivity contribution >= 4 is 33.7 Å². The molecule has 7 N–H and O–H groups in total. The fourth-order valence-corrected chi connectivity index (χ4v) is 3.34. The van der Waals surface area contributed by atoms with Crippen LogP contribution in [-0.4, -0.2) is 44.2 Å². The van der Waals surface area contributed by atoms with Gasteiger partial charge in [0.05, 0.1) is 0 Å². The molecule has 0 aliphatic rings. The largest absolute Gasteiger partial charge is 0.480 e. The number of nitrogens with one attached hydrogen (secondary N) is 3. The maximum absolute atomic E-state index is 13.0. The first kappa shape index (κ1) is 22.9. The van der Waals surface area contributed by atoms with E-state index in [0.29, 0.717) is 10.9 Å². The quantitative estimate of drug-likeness (QED) is 0.242. The summed E-state index contributed by atoms with van der Waals surface area (Å²) in [5.41, 5.74) is 9.91. The summed E-state index contributed by atoms with van der Waals surface area (Å²) in [4.78, 5) is 27.3. The molecule has 0 bridgehead atoms. The van der Waals surface area contributed by atoms with Gasteiger partial charge in [0.15, 0.2) is 0 Å². The Labute approximate surface area is 181 Å². The number of H-pyrrole nitrogens is 2. The van der Waals surface area contributed by atoms with E-state index in [-0.39, 0.29) is 18.7 Å². The molecule has 4 rings (SSSR count). The number of benzene rings is 2. The number of carbonyl (C=O) groups is 2. The lowest BCUT2D eigenvalue weighted by atomic mass is 10.1. The van der Waals surface area contributed by atoms with E-state index in [1.165, 1.54) is 17.7 Å². The van der Waals surface area contributed by atoms with Crippen LogP contribution in [0, 0.1) is 5.82 Å². The summed E-state index contributed by atoms with van der Waals surface area (Å²) < 4.78 is 25.3. The molecule has 168 valence electrons. The van der Waals surface area contributed by atoms with E-state index < -0.39 is 24.0 Å². The molecule has 4 aromatic rings. The number of aromatic nitrogens is 2. The second-order valence-corrected chi connectivity index (χ2v) is 7.22. The summed E-state index contributed by atoms with van der Waals surface area (Å²) in [6.45, 7) is 0. The number of hydrogen-bond donors (Lipinski definition) is 6. The molecule has 0 saturated heterocycles. The molecule has 0 saturated carbocycles. The van der Waals surface area contributed by atoms with Gasteiger partial charge in [0.2, 0.25) is 0 Å². The lowest BCUT2D eigenvalue weighted by molar-refractivity contribution is -0.141. The monoisotopic (exact) mass is 444 g/mol. The summed E-state index contributed by atoms with van der Waals surface area (Å²) in [5, 5.41) is 19.0. The van der Waals surface area contributed by atoms with Crippen LogP contribution in [0.15, 0.2) is 54.9 Å². The van der Waals surface area contributed by atoms with Gasteiger partial charge in [0, 0.05) is 47.0 Å². The topological polar surface area (TPSA) is 144 Å². The molecule has 2 aromatic carbocycles. The minimum Gasteiger partial charge on any atom is -0.480 e. The summed E-state index contributed by atoms with van der Waals surface area (Å²) >= 11 is 0. The third-order valence-corrected chi connectivity index (χ3v) is 5.02. The van der Waals surface area contributed by atoms with E-state index in [1.54, 1.807) is 18.5 Å². The molecule has 0 aliphatic heterocycles. The molecule has 2 atom stereocenters. The Kier molecular flexibility index (Phi) is 7.18. The molecule has 0 aliphatic carbocycles. The van der Waals surface area contributed by atoms with Crippen molar-refractivity contribution in [2.75, 3.05) is 0 Å². The molecule has 0 spiro atoms. The van der Waals surface area contributed by atoms with Crippen molar-refractivity contribution in [3.63, 3.8) is 0 Å². The van der Waals surface area contributed by atoms with Gasteiger partial charge in [0.1, 0.15) is 17.9 Å². The Morgan fingerprint density at radius 3 is 2.19 bits per heavy atom. The highest BCUT2D eigenvalue weighted by Crippen LogP contribution is 2.21. The van der Waals surface area contributed by atoms with Crippen molar-refractivity contribution in [3.05, 3.63) is 71.8 Å². The Hall–Kier alpha value is -3.76. The number of para-hydroxylation sites is 1. The molecule has 2 aromatic heterocycles. The number of fused-ring (bicyclic) bond motifs is 2. The van der Waals surface area contributed by atoms with Gasteiger partial charge in [-0.15, -0.1) is 10.0 Å². The fourth-order valence-electron chi connectivity index (χ4n) is 3.34. The first-order chi connectivity index (χ1) is 15.3. The van der Waals surface area contributed by atoms with E-state index in [9.17, 15) is 18.5 Å². The highest BCUT2D eigenvalue weighted by molar-refractivity contribution is 5.85. The second-order valence-electron chi connectivity index (χ2n) is 7.22. The van der Waals surface area contributed by atoms with Crippen LogP contribution in [0.2, 0.25) is 0 Å².